The van der Waals surface area contributed by atoms with Gasteiger partial charge in [-0.1, -0.05) is 30.3 Å². The number of amides is 1. The monoisotopic (exact) mass is 373 g/mol. The standard InChI is InChI=1S/C19H23N3O3S/c20-21-13-15-9-7-14(8-10-15)4-1-2-6-18(23)22-16(12-19(24)25)17-5-3-11-26-17/h3,5,7-11,13,16H,1-2,4,6,12,20H2,(H,22,23)(H,24,25). The zero-order valence-corrected chi connectivity index (χ0v) is 15.2. The molecule has 26 heavy (non-hydrogen) atoms. The van der Waals surface area contributed by atoms with Crippen LogP contribution in [-0.4, -0.2) is 23.2 Å². The van der Waals surface area contributed by atoms with E-state index in [1.807, 2.05) is 41.8 Å². The quantitative estimate of drug-likeness (QED) is 0.258. The molecule has 0 spiro atoms. The Bertz CT molecular complexity index is 727. The van der Waals surface area contributed by atoms with Gasteiger partial charge in [-0.3, -0.25) is 9.59 Å². The molecule has 0 aliphatic heterocycles. The van der Waals surface area contributed by atoms with Crippen molar-refractivity contribution in [3.63, 3.8) is 0 Å². The van der Waals surface area contributed by atoms with Crippen molar-refractivity contribution in [2.24, 2.45) is 10.9 Å². The van der Waals surface area contributed by atoms with Crippen molar-refractivity contribution in [3.05, 3.63) is 57.8 Å². The first-order chi connectivity index (χ1) is 12.6. The van der Waals surface area contributed by atoms with E-state index in [2.05, 4.69) is 10.4 Å². The molecule has 4 N–H and O–H groups in total. The summed E-state index contributed by atoms with van der Waals surface area (Å²) in [6, 6.07) is 11.2. The number of carboxylic acid groups (broad SMARTS) is 1. The van der Waals surface area contributed by atoms with Crippen LogP contribution in [-0.2, 0) is 16.0 Å². The van der Waals surface area contributed by atoms with E-state index in [1.165, 1.54) is 16.9 Å². The SMILES string of the molecule is NN=Cc1ccc(CCCCC(=O)NC(CC(=O)O)c2cccs2)cc1. The molecule has 0 saturated heterocycles. The van der Waals surface area contributed by atoms with E-state index in [0.717, 1.165) is 29.7 Å². The Morgan fingerprint density at radius 2 is 2.00 bits per heavy atom. The molecule has 0 bridgehead atoms. The lowest BCUT2D eigenvalue weighted by atomic mass is 10.0. The van der Waals surface area contributed by atoms with E-state index in [-0.39, 0.29) is 12.3 Å². The first-order valence-electron chi connectivity index (χ1n) is 8.45. The van der Waals surface area contributed by atoms with Crippen LogP contribution in [0, 0.1) is 0 Å². The second-order valence-electron chi connectivity index (χ2n) is 5.96. The van der Waals surface area contributed by atoms with Gasteiger partial charge in [0.15, 0.2) is 0 Å². The van der Waals surface area contributed by atoms with E-state index in [4.69, 9.17) is 10.9 Å². The van der Waals surface area contributed by atoms with Crippen molar-refractivity contribution in [3.8, 4) is 0 Å². The molecule has 6 nitrogen and oxygen atoms in total. The molecule has 2 rings (SSSR count). The topological polar surface area (TPSA) is 105 Å². The van der Waals surface area contributed by atoms with E-state index < -0.39 is 12.0 Å². The van der Waals surface area contributed by atoms with Gasteiger partial charge in [-0.2, -0.15) is 5.10 Å². The third kappa shape index (κ3) is 6.68. The Morgan fingerprint density at radius 3 is 2.62 bits per heavy atom. The van der Waals surface area contributed by atoms with Crippen LogP contribution in [0.25, 0.3) is 0 Å². The number of carbonyl (C=O) groups excluding carboxylic acids is 1. The van der Waals surface area contributed by atoms with E-state index in [1.54, 1.807) is 6.21 Å². The summed E-state index contributed by atoms with van der Waals surface area (Å²) in [7, 11) is 0. The Morgan fingerprint density at radius 1 is 1.23 bits per heavy atom. The normalized spacial score (nSPS) is 12.2. The van der Waals surface area contributed by atoms with E-state index in [9.17, 15) is 9.59 Å². The van der Waals surface area contributed by atoms with Crippen LogP contribution in [0.1, 0.15) is 47.7 Å². The summed E-state index contributed by atoms with van der Waals surface area (Å²) in [5, 5.41) is 17.2. The molecule has 0 fully saturated rings. The number of hydrogen-bond acceptors (Lipinski definition) is 5. The zero-order valence-electron chi connectivity index (χ0n) is 14.4. The maximum atomic E-state index is 12.1. The van der Waals surface area contributed by atoms with E-state index >= 15 is 0 Å². The first kappa shape index (κ1) is 19.7. The number of carbonyl (C=O) groups is 2. The van der Waals surface area contributed by atoms with Crippen molar-refractivity contribution in [1.29, 1.82) is 0 Å². The van der Waals surface area contributed by atoms with Crippen LogP contribution in [0.5, 0.6) is 0 Å². The Hall–Kier alpha value is -2.67. The third-order valence-electron chi connectivity index (χ3n) is 3.92. The minimum Gasteiger partial charge on any atom is -0.481 e. The minimum absolute atomic E-state index is 0.106. The third-order valence-corrected chi connectivity index (χ3v) is 4.91. The number of carboxylic acids is 1. The molecule has 2 aromatic rings. The van der Waals surface area contributed by atoms with Gasteiger partial charge in [0, 0.05) is 11.3 Å². The number of aliphatic carboxylic acids is 1. The van der Waals surface area contributed by atoms with Crippen LogP contribution >= 0.6 is 11.3 Å². The van der Waals surface area contributed by atoms with Crippen LogP contribution < -0.4 is 11.2 Å². The van der Waals surface area contributed by atoms with Crippen molar-refractivity contribution >= 4 is 29.4 Å². The number of unbranched alkanes of at least 4 members (excludes halogenated alkanes) is 1. The number of rotatable bonds is 10. The predicted molar refractivity (Wildman–Crippen MR) is 103 cm³/mol. The summed E-state index contributed by atoms with van der Waals surface area (Å²) >= 11 is 1.45. The van der Waals surface area contributed by atoms with Gasteiger partial charge in [-0.25, -0.2) is 0 Å². The number of hydrogen-bond donors (Lipinski definition) is 3. The first-order valence-corrected chi connectivity index (χ1v) is 9.33. The highest BCUT2D eigenvalue weighted by Gasteiger charge is 2.18. The van der Waals surface area contributed by atoms with Gasteiger partial charge >= 0.3 is 5.97 Å². The molecule has 0 saturated carbocycles. The van der Waals surface area contributed by atoms with Gasteiger partial charge in [0.25, 0.3) is 0 Å². The Kier molecular flexibility index (Phi) is 7.82. The molecule has 138 valence electrons. The van der Waals surface area contributed by atoms with Crippen LogP contribution in [0.15, 0.2) is 46.9 Å². The van der Waals surface area contributed by atoms with Crippen molar-refractivity contribution in [2.75, 3.05) is 0 Å². The van der Waals surface area contributed by atoms with Gasteiger partial charge in [-0.05, 0) is 41.8 Å². The second-order valence-corrected chi connectivity index (χ2v) is 6.94. The summed E-state index contributed by atoms with van der Waals surface area (Å²) in [5.74, 6) is 4.08. The van der Waals surface area contributed by atoms with Crippen LogP contribution in [0.4, 0.5) is 0 Å². The average molecular weight is 373 g/mol. The highest BCUT2D eigenvalue weighted by molar-refractivity contribution is 7.10. The molecule has 1 heterocycles. The number of nitrogens with zero attached hydrogens (tertiary/aromatic N) is 1. The molecule has 1 amide bonds. The average Bonchev–Trinajstić information content (AvgIpc) is 3.14. The second kappa shape index (κ2) is 10.4. The fraction of sp³-hybridized carbons (Fsp3) is 0.316. The zero-order chi connectivity index (χ0) is 18.8. The number of thiophene rings is 1. The minimum atomic E-state index is -0.924. The Balaban J connectivity index is 1.74. The highest BCUT2D eigenvalue weighted by Crippen LogP contribution is 2.22. The van der Waals surface area contributed by atoms with Gasteiger partial charge in [-0.15, -0.1) is 11.3 Å². The lowest BCUT2D eigenvalue weighted by Crippen LogP contribution is -2.29. The number of nitrogens with two attached hydrogens (primary N) is 1. The van der Waals surface area contributed by atoms with Crippen molar-refractivity contribution < 1.29 is 14.7 Å². The van der Waals surface area contributed by atoms with Crippen molar-refractivity contribution in [2.45, 2.75) is 38.1 Å². The molecule has 0 aliphatic rings. The lowest BCUT2D eigenvalue weighted by molar-refractivity contribution is -0.137. The van der Waals surface area contributed by atoms with Crippen molar-refractivity contribution in [1.82, 2.24) is 5.32 Å². The summed E-state index contributed by atoms with van der Waals surface area (Å²) in [6.45, 7) is 0. The molecule has 7 heteroatoms. The maximum absolute atomic E-state index is 12.1. The summed E-state index contributed by atoms with van der Waals surface area (Å²) < 4.78 is 0. The molecule has 1 aromatic carbocycles. The molecule has 0 radical (unpaired) electrons. The Labute approximate surface area is 156 Å². The van der Waals surface area contributed by atoms with E-state index in [0.29, 0.717) is 6.42 Å². The highest BCUT2D eigenvalue weighted by atomic mass is 32.1. The van der Waals surface area contributed by atoms with Gasteiger partial charge < -0.3 is 16.3 Å². The van der Waals surface area contributed by atoms with Crippen LogP contribution in [0.2, 0.25) is 0 Å². The number of aryl methyl sites for hydroxylation is 1. The molecule has 1 atom stereocenters. The predicted octanol–water partition coefficient (Wildman–Crippen LogP) is 3.09. The molecule has 1 unspecified atom stereocenters. The maximum Gasteiger partial charge on any atom is 0.305 e. The summed E-state index contributed by atoms with van der Waals surface area (Å²) in [6.07, 6.45) is 4.40. The number of benzene rings is 1. The number of nitrogens with one attached hydrogen (secondary N) is 1. The fourth-order valence-electron chi connectivity index (χ4n) is 2.62. The summed E-state index contributed by atoms with van der Waals surface area (Å²) in [4.78, 5) is 24.0. The van der Waals surface area contributed by atoms with Gasteiger partial charge in [0.1, 0.15) is 0 Å². The molecule has 1 aromatic heterocycles. The van der Waals surface area contributed by atoms with Crippen LogP contribution in [0.3, 0.4) is 0 Å². The van der Waals surface area contributed by atoms with Gasteiger partial charge in [0.2, 0.25) is 5.91 Å². The smallest absolute Gasteiger partial charge is 0.305 e. The molecule has 0 aliphatic carbocycles. The lowest BCUT2D eigenvalue weighted by Gasteiger charge is -2.15. The summed E-state index contributed by atoms with van der Waals surface area (Å²) in [5.41, 5.74) is 2.15. The molecular weight excluding hydrogens is 350 g/mol. The fourth-order valence-corrected chi connectivity index (χ4v) is 3.40. The number of hydrazone groups is 1. The molecular formula is C19H23N3O3S. The van der Waals surface area contributed by atoms with Gasteiger partial charge in [0.05, 0.1) is 18.7 Å². The largest absolute Gasteiger partial charge is 0.481 e.